The molecule has 0 radical (unpaired) electrons. The van der Waals surface area contributed by atoms with Gasteiger partial charge in [0.05, 0.1) is 6.42 Å². The molecule has 1 unspecified atom stereocenters. The van der Waals surface area contributed by atoms with E-state index in [1.807, 2.05) is 0 Å². The quantitative estimate of drug-likeness (QED) is 0.248. The van der Waals surface area contributed by atoms with Crippen LogP contribution in [0.3, 0.4) is 0 Å². The van der Waals surface area contributed by atoms with Crippen LogP contribution in [0.5, 0.6) is 0 Å². The monoisotopic (exact) mass is 408 g/mol. The van der Waals surface area contributed by atoms with E-state index in [4.69, 9.17) is 15.9 Å². The van der Waals surface area contributed by atoms with Crippen LogP contribution in [0.4, 0.5) is 0 Å². The third-order valence-electron chi connectivity index (χ3n) is 3.82. The van der Waals surface area contributed by atoms with Crippen LogP contribution in [0.25, 0.3) is 0 Å². The minimum Gasteiger partial charge on any atom is -0.480 e. The van der Waals surface area contributed by atoms with Crippen molar-refractivity contribution >= 4 is 29.7 Å². The summed E-state index contributed by atoms with van der Waals surface area (Å²) in [6.45, 7) is 0.744. The average Bonchev–Trinajstić information content (AvgIpc) is 2.65. The lowest BCUT2D eigenvalue weighted by Crippen LogP contribution is -2.54. The van der Waals surface area contributed by atoms with Gasteiger partial charge in [0.2, 0.25) is 17.7 Å². The molecule has 158 valence electrons. The van der Waals surface area contributed by atoms with Crippen molar-refractivity contribution in [3.63, 3.8) is 0 Å². The summed E-state index contributed by atoms with van der Waals surface area (Å²) in [6.07, 6.45) is -0.415. The number of benzene rings is 1. The Morgan fingerprint density at radius 1 is 1.00 bits per heavy atom. The summed E-state index contributed by atoms with van der Waals surface area (Å²) in [5, 5.41) is 24.4. The fraction of sp³-hybridized carbons (Fsp3) is 0.389. The highest BCUT2D eigenvalue weighted by Crippen LogP contribution is 2.04. The molecular weight excluding hydrogens is 384 g/mol. The molecule has 0 aliphatic carbocycles. The lowest BCUT2D eigenvalue weighted by atomic mass is 10.0. The van der Waals surface area contributed by atoms with E-state index in [0.29, 0.717) is 0 Å². The smallest absolute Gasteiger partial charge is 0.322 e. The molecule has 1 aromatic rings. The summed E-state index contributed by atoms with van der Waals surface area (Å²) in [5.74, 6) is -4.73. The number of carbonyl (C=O) groups excluding carboxylic acids is 3. The predicted molar refractivity (Wildman–Crippen MR) is 101 cm³/mol. The first kappa shape index (κ1) is 23.6. The number of nitrogens with two attached hydrogens (primary N) is 1. The molecule has 0 aliphatic rings. The first-order valence-corrected chi connectivity index (χ1v) is 8.71. The number of rotatable bonds is 11. The molecule has 3 atom stereocenters. The van der Waals surface area contributed by atoms with Crippen LogP contribution >= 0.6 is 0 Å². The maximum atomic E-state index is 12.4. The summed E-state index contributed by atoms with van der Waals surface area (Å²) in [6, 6.07) is 5.19. The largest absolute Gasteiger partial charge is 0.480 e. The molecule has 0 heterocycles. The summed E-state index contributed by atoms with van der Waals surface area (Å²) < 4.78 is 0. The highest BCUT2D eigenvalue weighted by Gasteiger charge is 2.26. The Hall–Kier alpha value is -3.47. The Morgan fingerprint density at radius 3 is 2.17 bits per heavy atom. The summed E-state index contributed by atoms with van der Waals surface area (Å²) in [4.78, 5) is 57.8. The number of hydrogen-bond acceptors (Lipinski definition) is 6. The Labute approximate surface area is 166 Å². The van der Waals surface area contributed by atoms with Crippen LogP contribution in [0.2, 0.25) is 0 Å². The molecule has 0 aliphatic heterocycles. The molecule has 3 amide bonds. The highest BCUT2D eigenvalue weighted by molar-refractivity contribution is 5.93. The second kappa shape index (κ2) is 11.4. The Bertz CT molecular complexity index is 754. The molecule has 11 nitrogen and oxygen atoms in total. The molecule has 29 heavy (non-hydrogen) atoms. The first-order chi connectivity index (χ1) is 13.6. The van der Waals surface area contributed by atoms with Crippen LogP contribution < -0.4 is 21.7 Å². The number of nitrogens with one attached hydrogen (secondary N) is 3. The molecule has 0 saturated heterocycles. The van der Waals surface area contributed by atoms with Gasteiger partial charge in [0.25, 0.3) is 0 Å². The molecule has 1 rings (SSSR count). The molecule has 11 heteroatoms. The van der Waals surface area contributed by atoms with Gasteiger partial charge in [-0.3, -0.25) is 24.0 Å². The fourth-order valence-electron chi connectivity index (χ4n) is 2.29. The van der Waals surface area contributed by atoms with Gasteiger partial charge in [-0.05, 0) is 12.5 Å². The SMILES string of the molecule is C[C@@H](NC(=O)CC(N)C(=O)O)C(=O)N[C@@H](Cc1ccccc1)C(=O)NCC(=O)O. The van der Waals surface area contributed by atoms with Crippen molar-refractivity contribution in [3.05, 3.63) is 35.9 Å². The van der Waals surface area contributed by atoms with E-state index in [1.165, 1.54) is 6.92 Å². The van der Waals surface area contributed by atoms with Gasteiger partial charge >= 0.3 is 11.9 Å². The fourth-order valence-corrected chi connectivity index (χ4v) is 2.29. The average molecular weight is 408 g/mol. The molecule has 0 saturated carbocycles. The van der Waals surface area contributed by atoms with Crippen molar-refractivity contribution in [1.82, 2.24) is 16.0 Å². The predicted octanol–water partition coefficient (Wildman–Crippen LogP) is -1.78. The van der Waals surface area contributed by atoms with Crippen molar-refractivity contribution in [2.24, 2.45) is 5.73 Å². The van der Waals surface area contributed by atoms with Crippen LogP contribution in [-0.4, -0.2) is 64.5 Å². The van der Waals surface area contributed by atoms with Gasteiger partial charge in [0.1, 0.15) is 24.7 Å². The normalized spacial score (nSPS) is 13.4. The van der Waals surface area contributed by atoms with Crippen molar-refractivity contribution in [2.75, 3.05) is 6.54 Å². The Kier molecular flexibility index (Phi) is 9.26. The lowest BCUT2D eigenvalue weighted by molar-refractivity contribution is -0.140. The number of carboxylic acid groups (broad SMARTS) is 2. The maximum Gasteiger partial charge on any atom is 0.322 e. The van der Waals surface area contributed by atoms with Crippen molar-refractivity contribution < 1.29 is 34.2 Å². The van der Waals surface area contributed by atoms with E-state index >= 15 is 0 Å². The summed E-state index contributed by atoms with van der Waals surface area (Å²) >= 11 is 0. The summed E-state index contributed by atoms with van der Waals surface area (Å²) in [7, 11) is 0. The molecule has 7 N–H and O–H groups in total. The topological polar surface area (TPSA) is 188 Å². The van der Waals surface area contributed by atoms with Crippen molar-refractivity contribution in [3.8, 4) is 0 Å². The van der Waals surface area contributed by atoms with E-state index in [-0.39, 0.29) is 6.42 Å². The van der Waals surface area contributed by atoms with E-state index in [2.05, 4.69) is 16.0 Å². The maximum absolute atomic E-state index is 12.4. The second-order valence-electron chi connectivity index (χ2n) is 6.30. The number of carbonyl (C=O) groups is 5. The van der Waals surface area contributed by atoms with Gasteiger partial charge in [-0.25, -0.2) is 0 Å². The van der Waals surface area contributed by atoms with Gasteiger partial charge in [-0.2, -0.15) is 0 Å². The third kappa shape index (κ3) is 8.84. The van der Waals surface area contributed by atoms with Gasteiger partial charge in [0, 0.05) is 6.42 Å². The standard InChI is InChI=1S/C18H24N4O7/c1-10(21-14(23)8-12(19)18(28)29)16(26)22-13(17(27)20-9-15(24)25)7-11-5-3-2-4-6-11/h2-6,10,12-13H,7-9,19H2,1H3,(H,20,27)(H,21,23)(H,22,26)(H,24,25)(H,28,29)/t10-,12?,13+/m1/s1. The Balaban J connectivity index is 2.75. The van der Waals surface area contributed by atoms with E-state index in [9.17, 15) is 24.0 Å². The van der Waals surface area contributed by atoms with Crippen LogP contribution in [0.1, 0.15) is 18.9 Å². The highest BCUT2D eigenvalue weighted by atomic mass is 16.4. The van der Waals surface area contributed by atoms with Gasteiger partial charge in [-0.15, -0.1) is 0 Å². The first-order valence-electron chi connectivity index (χ1n) is 8.71. The zero-order valence-corrected chi connectivity index (χ0v) is 15.8. The second-order valence-corrected chi connectivity index (χ2v) is 6.30. The lowest BCUT2D eigenvalue weighted by Gasteiger charge is -2.21. The van der Waals surface area contributed by atoms with E-state index in [1.54, 1.807) is 30.3 Å². The van der Waals surface area contributed by atoms with Gasteiger partial charge in [-0.1, -0.05) is 30.3 Å². The molecule has 0 fully saturated rings. The van der Waals surface area contributed by atoms with E-state index in [0.717, 1.165) is 5.56 Å². The van der Waals surface area contributed by atoms with Crippen molar-refractivity contribution in [2.45, 2.75) is 37.9 Å². The van der Waals surface area contributed by atoms with Crippen LogP contribution in [0.15, 0.2) is 30.3 Å². The number of hydrogen-bond donors (Lipinski definition) is 6. The van der Waals surface area contributed by atoms with Crippen LogP contribution in [-0.2, 0) is 30.4 Å². The third-order valence-corrected chi connectivity index (χ3v) is 3.82. The zero-order valence-electron chi connectivity index (χ0n) is 15.8. The zero-order chi connectivity index (χ0) is 22.0. The van der Waals surface area contributed by atoms with Crippen molar-refractivity contribution in [1.29, 1.82) is 0 Å². The summed E-state index contributed by atoms with van der Waals surface area (Å²) in [5.41, 5.74) is 6.00. The molecule has 1 aromatic carbocycles. The minimum atomic E-state index is -1.40. The molecule has 0 bridgehead atoms. The van der Waals surface area contributed by atoms with Crippen LogP contribution in [0, 0.1) is 0 Å². The van der Waals surface area contributed by atoms with E-state index < -0.39 is 60.8 Å². The molecule has 0 aromatic heterocycles. The number of aliphatic carboxylic acids is 2. The number of amides is 3. The number of carboxylic acids is 2. The molecule has 0 spiro atoms. The van der Waals surface area contributed by atoms with Gasteiger partial charge < -0.3 is 31.9 Å². The molecular formula is C18H24N4O7. The Morgan fingerprint density at radius 2 is 1.62 bits per heavy atom. The minimum absolute atomic E-state index is 0.0998. The van der Waals surface area contributed by atoms with Gasteiger partial charge in [0.15, 0.2) is 0 Å².